The van der Waals surface area contributed by atoms with Crippen LogP contribution in [0.3, 0.4) is 0 Å². The number of hydrogen-bond acceptors (Lipinski definition) is 3. The van der Waals surface area contributed by atoms with Gasteiger partial charge in [-0.1, -0.05) is 13.8 Å². The lowest BCUT2D eigenvalue weighted by Gasteiger charge is -2.34. The van der Waals surface area contributed by atoms with E-state index in [0.717, 1.165) is 43.0 Å². The lowest BCUT2D eigenvalue weighted by atomic mass is 9.92. The number of piperidine rings is 1. The fourth-order valence-corrected chi connectivity index (χ4v) is 2.85. The van der Waals surface area contributed by atoms with Gasteiger partial charge in [-0.15, -0.1) is 0 Å². The Kier molecular flexibility index (Phi) is 3.62. The van der Waals surface area contributed by atoms with Crippen molar-refractivity contribution in [2.75, 3.05) is 13.1 Å². The average molecular weight is 235 g/mol. The van der Waals surface area contributed by atoms with Crippen LogP contribution in [0.2, 0.25) is 0 Å². The summed E-state index contributed by atoms with van der Waals surface area (Å²) in [4.78, 5) is 21.0. The molecule has 0 amide bonds. The second-order valence-corrected chi connectivity index (χ2v) is 5.47. The van der Waals surface area contributed by atoms with Gasteiger partial charge in [0.25, 0.3) is 5.56 Å². The largest absolute Gasteiger partial charge is 0.309 e. The lowest BCUT2D eigenvalue weighted by Crippen LogP contribution is -2.38. The number of rotatable bonds is 2. The van der Waals surface area contributed by atoms with Crippen LogP contribution >= 0.6 is 0 Å². The van der Waals surface area contributed by atoms with Gasteiger partial charge < -0.3 is 4.98 Å². The van der Waals surface area contributed by atoms with Crippen molar-refractivity contribution in [1.82, 2.24) is 14.9 Å². The van der Waals surface area contributed by atoms with E-state index in [-0.39, 0.29) is 5.56 Å². The molecule has 1 aliphatic heterocycles. The molecule has 0 unspecified atom stereocenters. The van der Waals surface area contributed by atoms with Gasteiger partial charge in [-0.2, -0.15) is 0 Å². The summed E-state index contributed by atoms with van der Waals surface area (Å²) in [5.74, 6) is 2.25. The first-order chi connectivity index (χ1) is 8.02. The summed E-state index contributed by atoms with van der Waals surface area (Å²) in [5.41, 5.74) is 0.743. The topological polar surface area (TPSA) is 49.0 Å². The van der Waals surface area contributed by atoms with Crippen molar-refractivity contribution in [2.45, 2.75) is 33.7 Å². The van der Waals surface area contributed by atoms with Crippen molar-refractivity contribution >= 4 is 0 Å². The number of nitrogens with one attached hydrogen (secondary N) is 1. The number of likely N-dealkylation sites (tertiary alicyclic amines) is 1. The Morgan fingerprint density at radius 2 is 2.06 bits per heavy atom. The maximum atomic E-state index is 11.4. The number of aromatic nitrogens is 2. The third-order valence-corrected chi connectivity index (χ3v) is 3.24. The predicted molar refractivity (Wildman–Crippen MR) is 67.8 cm³/mol. The summed E-state index contributed by atoms with van der Waals surface area (Å²) in [6.45, 7) is 9.39. The molecule has 0 bridgehead atoms. The maximum absolute atomic E-state index is 11.4. The molecule has 4 heteroatoms. The van der Waals surface area contributed by atoms with Gasteiger partial charge in [0.1, 0.15) is 5.82 Å². The van der Waals surface area contributed by atoms with Gasteiger partial charge in [0.2, 0.25) is 0 Å². The van der Waals surface area contributed by atoms with Crippen molar-refractivity contribution in [3.8, 4) is 0 Å². The number of nitrogens with zero attached hydrogens (tertiary/aromatic N) is 2. The van der Waals surface area contributed by atoms with Crippen molar-refractivity contribution in [3.05, 3.63) is 27.9 Å². The molecule has 1 aromatic rings. The lowest BCUT2D eigenvalue weighted by molar-refractivity contribution is 0.131. The van der Waals surface area contributed by atoms with Crippen LogP contribution < -0.4 is 5.56 Å². The Morgan fingerprint density at radius 3 is 2.65 bits per heavy atom. The maximum Gasteiger partial charge on any atom is 0.251 e. The Morgan fingerprint density at radius 1 is 1.41 bits per heavy atom. The first kappa shape index (κ1) is 12.3. The monoisotopic (exact) mass is 235 g/mol. The molecule has 2 heterocycles. The Balaban J connectivity index is 2.07. The molecule has 1 fully saturated rings. The van der Waals surface area contributed by atoms with E-state index in [1.165, 1.54) is 12.5 Å². The van der Waals surface area contributed by atoms with Gasteiger partial charge in [-0.05, 0) is 25.2 Å². The van der Waals surface area contributed by atoms with Crippen molar-refractivity contribution in [2.24, 2.45) is 11.8 Å². The minimum absolute atomic E-state index is 0.0504. The van der Waals surface area contributed by atoms with Gasteiger partial charge >= 0.3 is 0 Å². The molecule has 1 aromatic heterocycles. The van der Waals surface area contributed by atoms with Crippen LogP contribution in [0.5, 0.6) is 0 Å². The quantitative estimate of drug-likeness (QED) is 0.846. The van der Waals surface area contributed by atoms with Crippen LogP contribution in [0.4, 0.5) is 0 Å². The molecule has 1 saturated heterocycles. The summed E-state index contributed by atoms with van der Waals surface area (Å²) in [5, 5.41) is 0. The Hall–Kier alpha value is -1.16. The Labute approximate surface area is 102 Å². The van der Waals surface area contributed by atoms with Crippen LogP contribution in [-0.2, 0) is 6.54 Å². The summed E-state index contributed by atoms with van der Waals surface area (Å²) in [7, 11) is 0. The standard InChI is InChI=1S/C13H21N3O/c1-9-4-10(2)7-16(6-9)8-12-14-11(3)5-13(17)15-12/h5,9-10H,4,6-8H2,1-3H3,(H,14,15,17)/t9-,10-/m0/s1. The van der Waals surface area contributed by atoms with E-state index in [9.17, 15) is 4.79 Å². The molecule has 0 aliphatic carbocycles. The second-order valence-electron chi connectivity index (χ2n) is 5.47. The molecular weight excluding hydrogens is 214 g/mol. The molecule has 2 rings (SSSR count). The number of aromatic amines is 1. The molecule has 2 atom stereocenters. The number of H-pyrrole nitrogens is 1. The van der Waals surface area contributed by atoms with Gasteiger partial charge in [-0.25, -0.2) is 4.98 Å². The molecule has 0 saturated carbocycles. The molecule has 17 heavy (non-hydrogen) atoms. The van der Waals surface area contributed by atoms with E-state index >= 15 is 0 Å². The van der Waals surface area contributed by atoms with Gasteiger partial charge in [-0.3, -0.25) is 9.69 Å². The third kappa shape index (κ3) is 3.40. The summed E-state index contributed by atoms with van der Waals surface area (Å²) >= 11 is 0. The zero-order valence-corrected chi connectivity index (χ0v) is 10.9. The zero-order valence-electron chi connectivity index (χ0n) is 10.9. The molecule has 4 nitrogen and oxygen atoms in total. The summed E-state index contributed by atoms with van der Waals surface area (Å²) in [6.07, 6.45) is 1.30. The molecule has 1 aliphatic rings. The fourth-order valence-electron chi connectivity index (χ4n) is 2.85. The van der Waals surface area contributed by atoms with Crippen molar-refractivity contribution in [1.29, 1.82) is 0 Å². The van der Waals surface area contributed by atoms with Crippen molar-refractivity contribution < 1.29 is 0 Å². The highest BCUT2D eigenvalue weighted by atomic mass is 16.1. The first-order valence-corrected chi connectivity index (χ1v) is 6.32. The number of hydrogen-bond donors (Lipinski definition) is 1. The van der Waals surface area contributed by atoms with Gasteiger partial charge in [0, 0.05) is 24.8 Å². The molecule has 0 spiro atoms. The minimum atomic E-state index is -0.0504. The fraction of sp³-hybridized carbons (Fsp3) is 0.692. The second kappa shape index (κ2) is 5.00. The first-order valence-electron chi connectivity index (χ1n) is 6.32. The molecular formula is C13H21N3O. The van der Waals surface area contributed by atoms with E-state index in [2.05, 4.69) is 28.7 Å². The van der Waals surface area contributed by atoms with Crippen LogP contribution in [0.15, 0.2) is 10.9 Å². The van der Waals surface area contributed by atoms with Crippen LogP contribution in [-0.4, -0.2) is 28.0 Å². The highest BCUT2D eigenvalue weighted by molar-refractivity contribution is 5.00. The zero-order chi connectivity index (χ0) is 12.4. The van der Waals surface area contributed by atoms with Crippen LogP contribution in [0.25, 0.3) is 0 Å². The SMILES string of the molecule is Cc1cc(=O)[nH]c(CN2C[C@@H](C)C[C@H](C)C2)n1. The molecule has 94 valence electrons. The average Bonchev–Trinajstić information content (AvgIpc) is 2.13. The van der Waals surface area contributed by atoms with E-state index in [4.69, 9.17) is 0 Å². The highest BCUT2D eigenvalue weighted by Gasteiger charge is 2.22. The highest BCUT2D eigenvalue weighted by Crippen LogP contribution is 2.21. The van der Waals surface area contributed by atoms with Crippen LogP contribution in [0.1, 0.15) is 31.8 Å². The van der Waals surface area contributed by atoms with E-state index in [0.29, 0.717) is 0 Å². The minimum Gasteiger partial charge on any atom is -0.309 e. The summed E-state index contributed by atoms with van der Waals surface area (Å²) in [6, 6.07) is 1.53. The van der Waals surface area contributed by atoms with Crippen molar-refractivity contribution in [3.63, 3.8) is 0 Å². The molecule has 0 radical (unpaired) electrons. The molecule has 0 aromatic carbocycles. The van der Waals surface area contributed by atoms with Gasteiger partial charge in [0.05, 0.1) is 6.54 Å². The van der Waals surface area contributed by atoms with E-state index < -0.39 is 0 Å². The van der Waals surface area contributed by atoms with E-state index in [1.54, 1.807) is 0 Å². The van der Waals surface area contributed by atoms with Crippen LogP contribution in [0, 0.1) is 18.8 Å². The van der Waals surface area contributed by atoms with Gasteiger partial charge in [0.15, 0.2) is 0 Å². The normalized spacial score (nSPS) is 26.1. The predicted octanol–water partition coefficient (Wildman–Crippen LogP) is 1.56. The third-order valence-electron chi connectivity index (χ3n) is 3.24. The number of aryl methyl sites for hydroxylation is 1. The smallest absolute Gasteiger partial charge is 0.251 e. The summed E-state index contributed by atoms with van der Waals surface area (Å²) < 4.78 is 0. The molecule has 1 N–H and O–H groups in total. The Bertz CT molecular complexity index is 431. The van der Waals surface area contributed by atoms with E-state index in [1.807, 2.05) is 6.92 Å².